The zero-order valence-electron chi connectivity index (χ0n) is 10.2. The van der Waals surface area contributed by atoms with E-state index >= 15 is 0 Å². The topological polar surface area (TPSA) is 36.4 Å². The maximum Gasteiger partial charge on any atom is 0.0900 e. The first-order valence-corrected chi connectivity index (χ1v) is 5.93. The molecule has 1 N–H and O–H groups in total. The minimum absolute atomic E-state index is 0.637. The van der Waals surface area contributed by atoms with Gasteiger partial charge in [0.25, 0.3) is 0 Å². The van der Waals surface area contributed by atoms with Crippen molar-refractivity contribution in [1.82, 2.24) is 9.88 Å². The molecule has 1 heterocycles. The Hall–Kier alpha value is -0.450. The fourth-order valence-corrected chi connectivity index (χ4v) is 2.70. The van der Waals surface area contributed by atoms with Crippen LogP contribution in [-0.4, -0.2) is 34.2 Å². The molecule has 0 amide bonds. The summed E-state index contributed by atoms with van der Waals surface area (Å²) in [7, 11) is 2.02. The van der Waals surface area contributed by atoms with E-state index in [1.54, 1.807) is 11.3 Å². The van der Waals surface area contributed by atoms with Crippen LogP contribution in [-0.2, 0) is 6.54 Å². The molecular formula is C11H20N2OS. The van der Waals surface area contributed by atoms with E-state index in [1.165, 1.54) is 4.88 Å². The lowest BCUT2D eigenvalue weighted by Crippen LogP contribution is -2.35. The maximum absolute atomic E-state index is 9.69. The molecule has 0 aliphatic rings. The fraction of sp³-hybridized carbons (Fsp3) is 0.727. The normalized spacial score (nSPS) is 12.5. The van der Waals surface area contributed by atoms with Gasteiger partial charge >= 0.3 is 0 Å². The van der Waals surface area contributed by atoms with Crippen molar-refractivity contribution in [2.24, 2.45) is 0 Å². The first-order chi connectivity index (χ1) is 6.78. The number of rotatable bonds is 4. The summed E-state index contributed by atoms with van der Waals surface area (Å²) < 4.78 is 0. The number of hydrogen-bond donors (Lipinski definition) is 1. The highest BCUT2D eigenvalue weighted by Gasteiger charge is 2.16. The predicted octanol–water partition coefficient (Wildman–Crippen LogP) is 1.96. The molecule has 0 aliphatic heterocycles. The van der Waals surface area contributed by atoms with Crippen LogP contribution in [0.4, 0.5) is 0 Å². The molecule has 0 atom stereocenters. The van der Waals surface area contributed by atoms with Crippen molar-refractivity contribution >= 4 is 11.3 Å². The summed E-state index contributed by atoms with van der Waals surface area (Å²) in [5.41, 5.74) is 0.475. The van der Waals surface area contributed by atoms with Gasteiger partial charge in [-0.15, -0.1) is 11.3 Å². The zero-order valence-corrected chi connectivity index (χ0v) is 11.0. The van der Waals surface area contributed by atoms with E-state index in [0.717, 1.165) is 17.2 Å². The zero-order chi connectivity index (χ0) is 11.6. The van der Waals surface area contributed by atoms with Gasteiger partial charge in [0.05, 0.1) is 16.3 Å². The van der Waals surface area contributed by atoms with Gasteiger partial charge in [0.15, 0.2) is 0 Å². The smallest absolute Gasteiger partial charge is 0.0900 e. The Morgan fingerprint density at radius 2 is 2.00 bits per heavy atom. The molecule has 0 fully saturated rings. The van der Waals surface area contributed by atoms with Crippen molar-refractivity contribution in [2.75, 3.05) is 13.6 Å². The molecule has 3 nitrogen and oxygen atoms in total. The Morgan fingerprint density at radius 3 is 2.40 bits per heavy atom. The standard InChI is InChI=1S/C11H20N2OS/c1-8-10(15-9(2)12-8)6-13(5)7-11(3,4)14/h14H,6-7H2,1-5H3. The van der Waals surface area contributed by atoms with Crippen molar-refractivity contribution in [2.45, 2.75) is 39.8 Å². The summed E-state index contributed by atoms with van der Waals surface area (Å²) in [6.45, 7) is 9.25. The number of nitrogens with zero attached hydrogens (tertiary/aromatic N) is 2. The average molecular weight is 228 g/mol. The first-order valence-electron chi connectivity index (χ1n) is 5.12. The van der Waals surface area contributed by atoms with Gasteiger partial charge in [-0.2, -0.15) is 0 Å². The molecule has 86 valence electrons. The van der Waals surface area contributed by atoms with Gasteiger partial charge in [-0.1, -0.05) is 0 Å². The lowest BCUT2D eigenvalue weighted by Gasteiger charge is -2.25. The van der Waals surface area contributed by atoms with Crippen molar-refractivity contribution in [3.8, 4) is 0 Å². The van der Waals surface area contributed by atoms with E-state index in [0.29, 0.717) is 6.54 Å². The molecule has 1 aromatic heterocycles. The van der Waals surface area contributed by atoms with Gasteiger partial charge in [-0.25, -0.2) is 4.98 Å². The van der Waals surface area contributed by atoms with E-state index in [9.17, 15) is 5.11 Å². The lowest BCUT2D eigenvalue weighted by atomic mass is 10.1. The predicted molar refractivity (Wildman–Crippen MR) is 64.2 cm³/mol. The maximum atomic E-state index is 9.69. The van der Waals surface area contributed by atoms with E-state index in [4.69, 9.17) is 0 Å². The molecule has 15 heavy (non-hydrogen) atoms. The summed E-state index contributed by atoms with van der Waals surface area (Å²) in [4.78, 5) is 7.81. The summed E-state index contributed by atoms with van der Waals surface area (Å²) >= 11 is 1.73. The van der Waals surface area contributed by atoms with E-state index in [-0.39, 0.29) is 0 Å². The van der Waals surface area contributed by atoms with Crippen LogP contribution in [0.25, 0.3) is 0 Å². The Kier molecular flexibility index (Phi) is 3.87. The SMILES string of the molecule is Cc1nc(C)c(CN(C)CC(C)(C)O)s1. The second-order valence-electron chi connectivity index (χ2n) is 4.73. The molecule has 0 unspecified atom stereocenters. The monoisotopic (exact) mass is 228 g/mol. The van der Waals surface area contributed by atoms with Gasteiger partial charge in [-0.05, 0) is 34.7 Å². The number of aryl methyl sites for hydroxylation is 2. The van der Waals surface area contributed by atoms with E-state index in [1.807, 2.05) is 34.7 Å². The number of hydrogen-bond acceptors (Lipinski definition) is 4. The highest BCUT2D eigenvalue weighted by atomic mass is 32.1. The second-order valence-corrected chi connectivity index (χ2v) is 6.01. The van der Waals surface area contributed by atoms with Gasteiger partial charge in [0.2, 0.25) is 0 Å². The summed E-state index contributed by atoms with van der Waals surface area (Å²) in [6, 6.07) is 0. The van der Waals surface area contributed by atoms with Gasteiger partial charge in [0, 0.05) is 18.0 Å². The minimum atomic E-state index is -0.637. The molecule has 0 aliphatic carbocycles. The van der Waals surface area contributed by atoms with Crippen LogP contribution in [0.2, 0.25) is 0 Å². The van der Waals surface area contributed by atoms with Crippen molar-refractivity contribution in [3.63, 3.8) is 0 Å². The number of aromatic nitrogens is 1. The van der Waals surface area contributed by atoms with E-state index in [2.05, 4.69) is 9.88 Å². The molecule has 0 saturated carbocycles. The van der Waals surface area contributed by atoms with Crippen LogP contribution in [0.15, 0.2) is 0 Å². The Bertz CT molecular complexity index is 328. The summed E-state index contributed by atoms with van der Waals surface area (Å²) in [5, 5.41) is 10.8. The molecular weight excluding hydrogens is 208 g/mol. The Morgan fingerprint density at radius 1 is 1.40 bits per heavy atom. The third-order valence-corrected chi connectivity index (χ3v) is 3.13. The van der Waals surface area contributed by atoms with Crippen LogP contribution >= 0.6 is 11.3 Å². The quantitative estimate of drug-likeness (QED) is 0.856. The number of thiazole rings is 1. The van der Waals surface area contributed by atoms with Gasteiger partial charge < -0.3 is 5.11 Å². The van der Waals surface area contributed by atoms with Crippen LogP contribution in [0.5, 0.6) is 0 Å². The number of aliphatic hydroxyl groups is 1. The van der Waals surface area contributed by atoms with Crippen LogP contribution in [0, 0.1) is 13.8 Å². The molecule has 1 aromatic rings. The molecule has 0 aromatic carbocycles. The largest absolute Gasteiger partial charge is 0.389 e. The molecule has 0 spiro atoms. The third kappa shape index (κ3) is 4.28. The molecule has 0 saturated heterocycles. The molecule has 4 heteroatoms. The second kappa shape index (κ2) is 4.60. The molecule has 0 radical (unpaired) electrons. The molecule has 0 bridgehead atoms. The van der Waals surface area contributed by atoms with Gasteiger partial charge in [-0.3, -0.25) is 4.90 Å². The van der Waals surface area contributed by atoms with Crippen molar-refractivity contribution < 1.29 is 5.11 Å². The first kappa shape index (κ1) is 12.6. The Labute approximate surface area is 95.8 Å². The van der Waals surface area contributed by atoms with Crippen LogP contribution < -0.4 is 0 Å². The average Bonchev–Trinajstić information content (AvgIpc) is 2.25. The summed E-state index contributed by atoms with van der Waals surface area (Å²) in [5.74, 6) is 0. The fourth-order valence-electron chi connectivity index (χ4n) is 1.68. The lowest BCUT2D eigenvalue weighted by molar-refractivity contribution is 0.0427. The molecule has 1 rings (SSSR count). The highest BCUT2D eigenvalue weighted by molar-refractivity contribution is 7.11. The van der Waals surface area contributed by atoms with Crippen LogP contribution in [0.1, 0.15) is 29.4 Å². The van der Waals surface area contributed by atoms with Crippen molar-refractivity contribution in [1.29, 1.82) is 0 Å². The highest BCUT2D eigenvalue weighted by Crippen LogP contribution is 2.19. The summed E-state index contributed by atoms with van der Waals surface area (Å²) in [6.07, 6.45) is 0. The number of likely N-dealkylation sites (N-methyl/N-ethyl adjacent to an activating group) is 1. The van der Waals surface area contributed by atoms with Crippen molar-refractivity contribution in [3.05, 3.63) is 15.6 Å². The minimum Gasteiger partial charge on any atom is -0.389 e. The Balaban J connectivity index is 2.58. The van der Waals surface area contributed by atoms with E-state index < -0.39 is 5.60 Å². The van der Waals surface area contributed by atoms with Gasteiger partial charge in [0.1, 0.15) is 0 Å². The third-order valence-electron chi connectivity index (χ3n) is 2.07. The van der Waals surface area contributed by atoms with Crippen LogP contribution in [0.3, 0.4) is 0 Å².